The first-order valence-electron chi connectivity index (χ1n) is 7.66. The number of thiazole rings is 1. The summed E-state index contributed by atoms with van der Waals surface area (Å²) in [6, 6.07) is 0. The number of amides is 1. The number of carbonyl (C=O) groups is 1. The summed E-state index contributed by atoms with van der Waals surface area (Å²) in [6.45, 7) is 0.867. The van der Waals surface area contributed by atoms with Crippen molar-refractivity contribution in [3.05, 3.63) is 40.4 Å². The molecule has 0 aliphatic carbocycles. The Labute approximate surface area is 146 Å². The molecule has 3 rings (SSSR count). The fraction of sp³-hybridized carbons (Fsp3) is 0.429. The number of nitrogens with one attached hydrogen (secondary N) is 2. The van der Waals surface area contributed by atoms with E-state index in [4.69, 9.17) is 0 Å². The molecule has 0 unspecified atom stereocenters. The highest BCUT2D eigenvalue weighted by atomic mass is 32.1. The van der Waals surface area contributed by atoms with Crippen LogP contribution in [-0.4, -0.2) is 59.6 Å². The molecule has 25 heavy (non-hydrogen) atoms. The molecule has 1 aromatic rings. The first-order valence-corrected chi connectivity index (χ1v) is 8.60. The normalized spacial score (nSPS) is 19.1. The van der Waals surface area contributed by atoms with Crippen LogP contribution in [0.3, 0.4) is 0 Å². The maximum atomic E-state index is 12.4. The average molecular weight is 375 g/mol. The van der Waals surface area contributed by atoms with Crippen molar-refractivity contribution in [2.24, 2.45) is 0 Å². The van der Waals surface area contributed by atoms with E-state index in [1.165, 1.54) is 16.2 Å². The number of hydrogen-bond acceptors (Lipinski definition) is 6. The minimum Gasteiger partial charge on any atom is -0.352 e. The van der Waals surface area contributed by atoms with Crippen LogP contribution in [0.4, 0.5) is 13.2 Å². The van der Waals surface area contributed by atoms with Crippen LogP contribution in [0.1, 0.15) is 10.5 Å². The topological polar surface area (TPSA) is 77.1 Å². The van der Waals surface area contributed by atoms with Gasteiger partial charge in [-0.3, -0.25) is 15.0 Å². The number of alkyl halides is 3. The molecule has 0 aromatic carbocycles. The predicted octanol–water partition coefficient (Wildman–Crippen LogP) is -0.183. The highest BCUT2D eigenvalue weighted by molar-refractivity contribution is 7.07. The van der Waals surface area contributed by atoms with Gasteiger partial charge in [-0.1, -0.05) is 0 Å². The van der Waals surface area contributed by atoms with Crippen molar-refractivity contribution in [3.63, 3.8) is 0 Å². The van der Waals surface area contributed by atoms with Crippen molar-refractivity contribution >= 4 is 17.2 Å². The minimum atomic E-state index is -4.16. The first-order chi connectivity index (χ1) is 11.9. The largest absolute Gasteiger partial charge is 0.401 e. The van der Waals surface area contributed by atoms with Crippen molar-refractivity contribution < 1.29 is 23.4 Å². The van der Waals surface area contributed by atoms with Gasteiger partial charge in [-0.15, -0.1) is 11.3 Å². The molecule has 7 nitrogen and oxygen atoms in total. The summed E-state index contributed by atoms with van der Waals surface area (Å²) in [5.74, 6) is 1.11. The van der Waals surface area contributed by atoms with Gasteiger partial charge in [-0.25, -0.2) is 10.4 Å². The lowest BCUT2D eigenvalue weighted by Crippen LogP contribution is -2.94. The van der Waals surface area contributed by atoms with Crippen molar-refractivity contribution in [2.75, 3.05) is 32.7 Å². The van der Waals surface area contributed by atoms with E-state index in [1.807, 2.05) is 4.90 Å². The van der Waals surface area contributed by atoms with E-state index in [2.05, 4.69) is 15.7 Å². The molecule has 2 aliphatic rings. The molecule has 11 heteroatoms. The number of allylic oxidation sites excluding steroid dienone is 2. The maximum Gasteiger partial charge on any atom is 0.401 e. The van der Waals surface area contributed by atoms with Crippen LogP contribution < -0.4 is 16.2 Å². The molecule has 1 fully saturated rings. The van der Waals surface area contributed by atoms with E-state index in [0.29, 0.717) is 37.7 Å². The van der Waals surface area contributed by atoms with Gasteiger partial charge in [-0.2, -0.15) is 18.6 Å². The highest BCUT2D eigenvalue weighted by Crippen LogP contribution is 2.18. The Hall–Kier alpha value is -2.11. The summed E-state index contributed by atoms with van der Waals surface area (Å²) >= 11 is 1.34. The van der Waals surface area contributed by atoms with E-state index in [9.17, 15) is 18.0 Å². The lowest BCUT2D eigenvalue weighted by Gasteiger charge is -2.37. The van der Waals surface area contributed by atoms with Crippen molar-refractivity contribution in [1.82, 2.24) is 25.5 Å². The molecule has 3 heterocycles. The lowest BCUT2D eigenvalue weighted by molar-refractivity contribution is -0.665. The van der Waals surface area contributed by atoms with Gasteiger partial charge in [0.05, 0.1) is 12.1 Å². The van der Waals surface area contributed by atoms with Crippen LogP contribution in [0.15, 0.2) is 34.7 Å². The van der Waals surface area contributed by atoms with Crippen LogP contribution in [0.2, 0.25) is 0 Å². The highest BCUT2D eigenvalue weighted by Gasteiger charge is 2.32. The van der Waals surface area contributed by atoms with Crippen molar-refractivity contribution in [3.8, 4) is 0 Å². The fourth-order valence-corrected chi connectivity index (χ4v) is 3.14. The number of nitrogens with zero attached hydrogens (tertiary/aromatic N) is 3. The maximum absolute atomic E-state index is 12.4. The van der Waals surface area contributed by atoms with E-state index >= 15 is 0 Å². The number of aromatic nitrogens is 1. The Morgan fingerprint density at radius 2 is 2.08 bits per heavy atom. The first kappa shape index (κ1) is 17.7. The molecule has 4 N–H and O–H groups in total. The smallest absolute Gasteiger partial charge is 0.352 e. The van der Waals surface area contributed by atoms with Gasteiger partial charge in [-0.05, 0) is 6.08 Å². The zero-order valence-electron chi connectivity index (χ0n) is 13.2. The molecule has 0 bridgehead atoms. The van der Waals surface area contributed by atoms with E-state index < -0.39 is 12.7 Å². The fourth-order valence-electron chi connectivity index (χ4n) is 2.61. The summed E-state index contributed by atoms with van der Waals surface area (Å²) in [7, 11) is 0. The van der Waals surface area contributed by atoms with Gasteiger partial charge in [0, 0.05) is 37.6 Å². The molecule has 1 saturated heterocycles. The Morgan fingerprint density at radius 1 is 1.32 bits per heavy atom. The van der Waals surface area contributed by atoms with E-state index in [1.54, 1.807) is 28.5 Å². The second-order valence-electron chi connectivity index (χ2n) is 5.67. The van der Waals surface area contributed by atoms with Gasteiger partial charge in [0.25, 0.3) is 5.91 Å². The molecular weight excluding hydrogens is 357 g/mol. The quantitative estimate of drug-likeness (QED) is 0.637. The molecule has 0 atom stereocenters. The summed E-state index contributed by atoms with van der Waals surface area (Å²) in [5.41, 5.74) is 6.67. The Balaban J connectivity index is 1.51. The molecule has 1 aromatic heterocycles. The number of nitrogens with two attached hydrogens (primary N) is 1. The number of halogens is 3. The van der Waals surface area contributed by atoms with Crippen LogP contribution in [0.25, 0.3) is 0 Å². The Kier molecular flexibility index (Phi) is 5.25. The zero-order chi connectivity index (χ0) is 17.9. The second-order valence-corrected chi connectivity index (χ2v) is 6.39. The van der Waals surface area contributed by atoms with Gasteiger partial charge in [0.1, 0.15) is 5.69 Å². The third kappa shape index (κ3) is 4.94. The third-order valence-electron chi connectivity index (χ3n) is 3.84. The van der Waals surface area contributed by atoms with Crippen molar-refractivity contribution in [1.29, 1.82) is 0 Å². The van der Waals surface area contributed by atoms with Crippen LogP contribution in [0, 0.1) is 0 Å². The standard InChI is InChI=1S/C14H17F3N6OS/c15-14(16,17)8-22-3-5-23(6-4-22)12-2-1-11(20-21-12)19-13(24)10-7-25-9-18-10/h1-2,7,9,20-21H,3-6,8H2,(H,19,24)/p+1. The van der Waals surface area contributed by atoms with Crippen LogP contribution in [0.5, 0.6) is 0 Å². The second kappa shape index (κ2) is 7.42. The van der Waals surface area contributed by atoms with Gasteiger partial charge >= 0.3 is 6.18 Å². The van der Waals surface area contributed by atoms with E-state index in [-0.39, 0.29) is 5.91 Å². The molecule has 0 saturated carbocycles. The van der Waals surface area contributed by atoms with E-state index in [0.717, 1.165) is 5.82 Å². The predicted molar refractivity (Wildman–Crippen MR) is 84.9 cm³/mol. The van der Waals surface area contributed by atoms with Crippen LogP contribution >= 0.6 is 11.3 Å². The Bertz CT molecular complexity index is 665. The number of carbonyl (C=O) groups excluding carboxylic acids is 1. The molecular formula is C14H18F3N6OS+. The Morgan fingerprint density at radius 3 is 2.64 bits per heavy atom. The van der Waals surface area contributed by atoms with Crippen LogP contribution in [-0.2, 0) is 0 Å². The summed E-state index contributed by atoms with van der Waals surface area (Å²) < 4.78 is 37.2. The molecule has 2 aliphatic heterocycles. The molecule has 1 amide bonds. The molecule has 0 spiro atoms. The van der Waals surface area contributed by atoms with Crippen molar-refractivity contribution in [2.45, 2.75) is 6.18 Å². The molecule has 0 radical (unpaired) electrons. The number of quaternary nitrogens is 1. The summed E-state index contributed by atoms with van der Waals surface area (Å²) in [6.07, 6.45) is -0.611. The monoisotopic (exact) mass is 375 g/mol. The summed E-state index contributed by atoms with van der Waals surface area (Å²) in [5, 5.41) is 4.39. The van der Waals surface area contributed by atoms with Gasteiger partial charge in [0.15, 0.2) is 5.82 Å². The number of rotatable bonds is 4. The SMILES string of the molecule is O=C(NC1=CC=C(N2CCN(CC(F)(F)F)CC2)N[NH2+]1)c1cscn1. The summed E-state index contributed by atoms with van der Waals surface area (Å²) in [4.78, 5) is 19.2. The average Bonchev–Trinajstić information content (AvgIpc) is 3.09. The number of hydrogen-bond donors (Lipinski definition) is 3. The van der Waals surface area contributed by atoms with Gasteiger partial charge < -0.3 is 4.90 Å². The zero-order valence-corrected chi connectivity index (χ0v) is 14.0. The third-order valence-corrected chi connectivity index (χ3v) is 4.42. The minimum absolute atomic E-state index is 0.289. The molecule has 136 valence electrons. The lowest BCUT2D eigenvalue weighted by atomic mass is 10.3. The number of piperazine rings is 1. The van der Waals surface area contributed by atoms with Gasteiger partial charge in [0.2, 0.25) is 5.82 Å².